The first-order chi connectivity index (χ1) is 9.10. The lowest BCUT2D eigenvalue weighted by Gasteiger charge is -2.42. The average Bonchev–Trinajstić information content (AvgIpc) is 2.39. The van der Waals surface area contributed by atoms with Gasteiger partial charge in [-0.25, -0.2) is 4.39 Å². The summed E-state index contributed by atoms with van der Waals surface area (Å²) in [6, 6.07) is 5.74. The Morgan fingerprint density at radius 2 is 2.16 bits per heavy atom. The second kappa shape index (κ2) is 6.12. The first-order valence-electron chi connectivity index (χ1n) is 6.51. The van der Waals surface area contributed by atoms with Crippen molar-refractivity contribution >= 4 is 5.91 Å². The Kier molecular flexibility index (Phi) is 4.50. The van der Waals surface area contributed by atoms with E-state index in [0.29, 0.717) is 6.61 Å². The molecule has 0 aromatic heterocycles. The minimum absolute atomic E-state index is 0.0113. The third-order valence-corrected chi connectivity index (χ3v) is 3.35. The van der Waals surface area contributed by atoms with Gasteiger partial charge in [0.25, 0.3) is 0 Å². The lowest BCUT2D eigenvalue weighted by atomic mass is 9.83. The highest BCUT2D eigenvalue weighted by Gasteiger charge is 2.40. The number of rotatable bonds is 5. The molecule has 1 aliphatic carbocycles. The molecule has 104 valence electrons. The Balaban J connectivity index is 1.85. The molecule has 19 heavy (non-hydrogen) atoms. The number of hydrogen-bond acceptors (Lipinski definition) is 3. The van der Waals surface area contributed by atoms with Crippen molar-refractivity contribution in [3.63, 3.8) is 0 Å². The van der Waals surface area contributed by atoms with Gasteiger partial charge in [0.05, 0.1) is 18.6 Å². The molecule has 0 aliphatic heterocycles. The van der Waals surface area contributed by atoms with Crippen LogP contribution in [0, 0.1) is 5.82 Å². The number of nitrogens with one attached hydrogen (secondary N) is 1. The maximum atomic E-state index is 12.8. The summed E-state index contributed by atoms with van der Waals surface area (Å²) in [6.07, 6.45) is 1.01. The lowest BCUT2D eigenvalue weighted by Crippen LogP contribution is -2.64. The minimum atomic E-state index is -0.304. The van der Waals surface area contributed by atoms with Crippen LogP contribution in [0.25, 0.3) is 0 Å². The topological polar surface area (TPSA) is 64.3 Å². The van der Waals surface area contributed by atoms with E-state index in [4.69, 9.17) is 10.5 Å². The molecule has 0 saturated heterocycles. The molecule has 0 heterocycles. The van der Waals surface area contributed by atoms with Crippen LogP contribution in [0.3, 0.4) is 0 Å². The Hall–Kier alpha value is -1.46. The molecule has 0 spiro atoms. The highest BCUT2D eigenvalue weighted by Crippen LogP contribution is 2.22. The fourth-order valence-electron chi connectivity index (χ4n) is 2.25. The molecular formula is C14H19FN2O2. The molecule has 0 bridgehead atoms. The number of nitrogens with two attached hydrogens (primary N) is 1. The molecule has 5 heteroatoms. The maximum Gasteiger partial charge on any atom is 0.224 e. The van der Waals surface area contributed by atoms with E-state index in [2.05, 4.69) is 5.32 Å². The number of halogens is 1. The fraction of sp³-hybridized carbons (Fsp3) is 0.500. The molecule has 0 radical (unpaired) electrons. The highest BCUT2D eigenvalue weighted by atomic mass is 19.1. The van der Waals surface area contributed by atoms with Crippen molar-refractivity contribution in [1.82, 2.24) is 5.32 Å². The van der Waals surface area contributed by atoms with Gasteiger partial charge in [-0.3, -0.25) is 4.79 Å². The summed E-state index contributed by atoms with van der Waals surface area (Å²) in [4.78, 5) is 11.9. The highest BCUT2D eigenvalue weighted by molar-refractivity contribution is 5.79. The largest absolute Gasteiger partial charge is 0.376 e. The van der Waals surface area contributed by atoms with Crippen LogP contribution in [-0.4, -0.2) is 30.7 Å². The summed E-state index contributed by atoms with van der Waals surface area (Å²) in [5, 5.41) is 2.88. The van der Waals surface area contributed by atoms with Crippen LogP contribution >= 0.6 is 0 Å². The summed E-state index contributed by atoms with van der Waals surface area (Å²) in [5.41, 5.74) is 6.64. The third-order valence-electron chi connectivity index (χ3n) is 3.35. The second-order valence-electron chi connectivity index (χ2n) is 4.79. The Morgan fingerprint density at radius 1 is 1.47 bits per heavy atom. The van der Waals surface area contributed by atoms with Crippen LogP contribution in [0.15, 0.2) is 24.3 Å². The number of benzene rings is 1. The maximum absolute atomic E-state index is 12.8. The summed E-state index contributed by atoms with van der Waals surface area (Å²) in [7, 11) is 0. The van der Waals surface area contributed by atoms with Gasteiger partial charge in [-0.2, -0.15) is 0 Å². The zero-order chi connectivity index (χ0) is 13.8. The first-order valence-corrected chi connectivity index (χ1v) is 6.51. The Morgan fingerprint density at radius 3 is 2.74 bits per heavy atom. The van der Waals surface area contributed by atoms with Crippen molar-refractivity contribution in [2.24, 2.45) is 5.73 Å². The van der Waals surface area contributed by atoms with Crippen LogP contribution < -0.4 is 11.1 Å². The van der Waals surface area contributed by atoms with Gasteiger partial charge in [-0.15, -0.1) is 0 Å². The monoisotopic (exact) mass is 266 g/mol. The van der Waals surface area contributed by atoms with E-state index >= 15 is 0 Å². The van der Waals surface area contributed by atoms with Crippen LogP contribution in [0.4, 0.5) is 4.39 Å². The van der Waals surface area contributed by atoms with E-state index in [9.17, 15) is 9.18 Å². The number of amides is 1. The van der Waals surface area contributed by atoms with Crippen molar-refractivity contribution in [1.29, 1.82) is 0 Å². The van der Waals surface area contributed by atoms with Gasteiger partial charge >= 0.3 is 0 Å². The quantitative estimate of drug-likeness (QED) is 0.835. The van der Waals surface area contributed by atoms with Crippen molar-refractivity contribution in [3.05, 3.63) is 35.6 Å². The molecular weight excluding hydrogens is 247 g/mol. The molecule has 1 amide bonds. The van der Waals surface area contributed by atoms with Crippen LogP contribution in [-0.2, 0) is 16.0 Å². The van der Waals surface area contributed by atoms with Crippen molar-refractivity contribution in [2.45, 2.75) is 38.0 Å². The average molecular weight is 266 g/mol. The third kappa shape index (κ3) is 3.52. The summed E-state index contributed by atoms with van der Waals surface area (Å²) in [5.74, 6) is -0.418. The Bertz CT molecular complexity index is 434. The van der Waals surface area contributed by atoms with E-state index in [1.807, 2.05) is 6.92 Å². The van der Waals surface area contributed by atoms with Crippen molar-refractivity contribution in [2.75, 3.05) is 6.61 Å². The van der Waals surface area contributed by atoms with Crippen LogP contribution in [0.5, 0.6) is 0 Å². The van der Waals surface area contributed by atoms with E-state index in [1.165, 1.54) is 12.1 Å². The molecule has 1 aromatic carbocycles. The zero-order valence-electron chi connectivity index (χ0n) is 10.9. The molecule has 3 atom stereocenters. The van der Waals surface area contributed by atoms with E-state index < -0.39 is 0 Å². The van der Waals surface area contributed by atoms with Gasteiger partial charge in [0.1, 0.15) is 5.82 Å². The fourth-order valence-corrected chi connectivity index (χ4v) is 2.25. The van der Waals surface area contributed by atoms with Gasteiger partial charge in [0, 0.05) is 12.6 Å². The van der Waals surface area contributed by atoms with E-state index in [-0.39, 0.29) is 36.3 Å². The van der Waals surface area contributed by atoms with Gasteiger partial charge in [-0.05, 0) is 31.0 Å². The predicted octanol–water partition coefficient (Wildman–Crippen LogP) is 0.989. The zero-order valence-corrected chi connectivity index (χ0v) is 10.9. The van der Waals surface area contributed by atoms with Gasteiger partial charge in [-0.1, -0.05) is 12.1 Å². The van der Waals surface area contributed by atoms with Crippen LogP contribution in [0.1, 0.15) is 18.9 Å². The smallest absolute Gasteiger partial charge is 0.224 e. The molecule has 3 N–H and O–H groups in total. The summed E-state index contributed by atoms with van der Waals surface area (Å²) >= 11 is 0. The molecule has 1 aliphatic rings. The predicted molar refractivity (Wildman–Crippen MR) is 70.0 cm³/mol. The SMILES string of the molecule is CCOC1CC(N)C1NC(=O)Cc1ccc(F)cc1. The molecule has 1 fully saturated rings. The molecule has 1 aromatic rings. The summed E-state index contributed by atoms with van der Waals surface area (Å²) in [6.45, 7) is 2.53. The Labute approximate surface area is 112 Å². The van der Waals surface area contributed by atoms with Crippen LogP contribution in [0.2, 0.25) is 0 Å². The minimum Gasteiger partial charge on any atom is -0.376 e. The number of hydrogen-bond donors (Lipinski definition) is 2. The number of carbonyl (C=O) groups excluding carboxylic acids is 1. The van der Waals surface area contributed by atoms with Gasteiger partial charge in [0.15, 0.2) is 0 Å². The van der Waals surface area contributed by atoms with Gasteiger partial charge in [0.2, 0.25) is 5.91 Å². The standard InChI is InChI=1S/C14H19FN2O2/c1-2-19-12-8-11(16)14(12)17-13(18)7-9-3-5-10(15)6-4-9/h3-6,11-12,14H,2,7-8,16H2,1H3,(H,17,18). The van der Waals surface area contributed by atoms with Crippen molar-refractivity contribution < 1.29 is 13.9 Å². The molecule has 1 saturated carbocycles. The molecule has 2 rings (SSSR count). The number of ether oxygens (including phenoxy) is 1. The van der Waals surface area contributed by atoms with Gasteiger partial charge < -0.3 is 15.8 Å². The van der Waals surface area contributed by atoms with E-state index in [1.54, 1.807) is 12.1 Å². The van der Waals surface area contributed by atoms with E-state index in [0.717, 1.165) is 12.0 Å². The lowest BCUT2D eigenvalue weighted by molar-refractivity contribution is -0.125. The number of carbonyl (C=O) groups is 1. The summed E-state index contributed by atoms with van der Waals surface area (Å²) < 4.78 is 18.2. The van der Waals surface area contributed by atoms with Crippen molar-refractivity contribution in [3.8, 4) is 0 Å². The first kappa shape index (κ1) is 14.0. The molecule has 3 unspecified atom stereocenters. The molecule has 4 nitrogen and oxygen atoms in total. The second-order valence-corrected chi connectivity index (χ2v) is 4.79. The normalized spacial score (nSPS) is 25.7.